The molecule has 3 atom stereocenters. The van der Waals surface area contributed by atoms with Crippen LogP contribution in [-0.2, 0) is 6.42 Å². The number of aliphatic hydroxyl groups excluding tert-OH is 1. The predicted octanol–water partition coefficient (Wildman–Crippen LogP) is 6.17. The molecular formula is C25H23Cl3N2O. The van der Waals surface area contributed by atoms with Crippen LogP contribution in [-0.4, -0.2) is 35.7 Å². The first-order chi connectivity index (χ1) is 15.0. The van der Waals surface area contributed by atoms with E-state index in [0.29, 0.717) is 21.5 Å². The summed E-state index contributed by atoms with van der Waals surface area (Å²) in [6, 6.07) is 22.1. The molecule has 0 amide bonds. The van der Waals surface area contributed by atoms with Crippen LogP contribution in [0.1, 0.15) is 28.8 Å². The third-order valence-electron chi connectivity index (χ3n) is 6.45. The number of hydrogen-bond donors (Lipinski definition) is 1. The van der Waals surface area contributed by atoms with Crippen LogP contribution in [0.15, 0.2) is 66.7 Å². The Balaban J connectivity index is 1.51. The molecule has 0 radical (unpaired) electrons. The standard InChI is InChI=1S/C25H23Cl3N2O/c26-18-7-5-16(6-8-18)23-15-29(25-20-4-2-1-3-17(20)13-24(25)31)11-12-30(23)22-10-9-19(27)14-21(22)28/h1-10,14,23-25,31H,11-13,15H2/t23-,24+,25-/m0/s1. The van der Waals surface area contributed by atoms with Crippen molar-refractivity contribution in [3.8, 4) is 0 Å². The first-order valence-corrected chi connectivity index (χ1v) is 11.6. The topological polar surface area (TPSA) is 26.7 Å². The molecule has 0 saturated carbocycles. The first kappa shape index (κ1) is 21.1. The summed E-state index contributed by atoms with van der Waals surface area (Å²) in [6.07, 6.45) is 0.310. The summed E-state index contributed by atoms with van der Waals surface area (Å²) in [7, 11) is 0. The molecule has 0 aromatic heterocycles. The van der Waals surface area contributed by atoms with E-state index in [9.17, 15) is 5.11 Å². The zero-order chi connectivity index (χ0) is 21.5. The summed E-state index contributed by atoms with van der Waals surface area (Å²) in [6.45, 7) is 2.40. The van der Waals surface area contributed by atoms with Crippen LogP contribution < -0.4 is 4.90 Å². The maximum atomic E-state index is 10.9. The van der Waals surface area contributed by atoms with Crippen LogP contribution >= 0.6 is 34.8 Å². The van der Waals surface area contributed by atoms with Crippen molar-refractivity contribution in [2.24, 2.45) is 0 Å². The summed E-state index contributed by atoms with van der Waals surface area (Å²) in [5.74, 6) is 0. The Morgan fingerprint density at radius 3 is 2.35 bits per heavy atom. The van der Waals surface area contributed by atoms with Crippen molar-refractivity contribution in [2.45, 2.75) is 24.6 Å². The molecule has 3 aromatic carbocycles. The van der Waals surface area contributed by atoms with E-state index >= 15 is 0 Å². The van der Waals surface area contributed by atoms with E-state index in [1.165, 1.54) is 16.7 Å². The van der Waals surface area contributed by atoms with Crippen molar-refractivity contribution in [2.75, 3.05) is 24.5 Å². The van der Waals surface area contributed by atoms with Gasteiger partial charge < -0.3 is 10.0 Å². The zero-order valence-electron chi connectivity index (χ0n) is 16.9. The Labute approximate surface area is 197 Å². The fourth-order valence-corrected chi connectivity index (χ4v) is 5.67. The van der Waals surface area contributed by atoms with Gasteiger partial charge in [-0.2, -0.15) is 0 Å². The van der Waals surface area contributed by atoms with Crippen LogP contribution in [0.25, 0.3) is 0 Å². The molecule has 1 N–H and O–H groups in total. The van der Waals surface area contributed by atoms with E-state index in [-0.39, 0.29) is 12.1 Å². The summed E-state index contributed by atoms with van der Waals surface area (Å²) >= 11 is 18.9. The van der Waals surface area contributed by atoms with Crippen molar-refractivity contribution in [3.63, 3.8) is 0 Å². The molecule has 31 heavy (non-hydrogen) atoms. The molecule has 3 aromatic rings. The monoisotopic (exact) mass is 472 g/mol. The molecule has 0 bridgehead atoms. The molecule has 3 nitrogen and oxygen atoms in total. The van der Waals surface area contributed by atoms with Gasteiger partial charge in [-0.25, -0.2) is 0 Å². The van der Waals surface area contributed by atoms with E-state index in [0.717, 1.165) is 25.3 Å². The quantitative estimate of drug-likeness (QED) is 0.493. The van der Waals surface area contributed by atoms with Crippen LogP contribution in [0.4, 0.5) is 5.69 Å². The molecule has 1 aliphatic heterocycles. The van der Waals surface area contributed by atoms with Gasteiger partial charge in [-0.05, 0) is 47.0 Å². The van der Waals surface area contributed by atoms with Gasteiger partial charge >= 0.3 is 0 Å². The van der Waals surface area contributed by atoms with Gasteiger partial charge in [0.25, 0.3) is 0 Å². The number of piperazine rings is 1. The minimum atomic E-state index is -0.395. The number of anilines is 1. The van der Waals surface area contributed by atoms with Crippen LogP contribution in [0, 0.1) is 0 Å². The Kier molecular flexibility index (Phi) is 5.89. The molecule has 0 unspecified atom stereocenters. The molecule has 6 heteroatoms. The Hall–Kier alpha value is -1.75. The SMILES string of the molecule is O[C@@H]1Cc2ccccc2[C@@H]1N1CCN(c2ccc(Cl)cc2Cl)[C@H](c2ccc(Cl)cc2)C1. The van der Waals surface area contributed by atoms with Crippen molar-refractivity contribution in [1.29, 1.82) is 0 Å². The largest absolute Gasteiger partial charge is 0.391 e. The number of aliphatic hydroxyl groups is 1. The van der Waals surface area contributed by atoms with Crippen LogP contribution in [0.3, 0.4) is 0 Å². The third-order valence-corrected chi connectivity index (χ3v) is 7.24. The minimum absolute atomic E-state index is 0.00819. The van der Waals surface area contributed by atoms with Crippen molar-refractivity contribution in [3.05, 3.63) is 98.5 Å². The number of benzene rings is 3. The molecule has 160 valence electrons. The van der Waals surface area contributed by atoms with E-state index in [4.69, 9.17) is 34.8 Å². The average Bonchev–Trinajstić information content (AvgIpc) is 3.10. The van der Waals surface area contributed by atoms with Gasteiger partial charge in [0.2, 0.25) is 0 Å². The lowest BCUT2D eigenvalue weighted by Crippen LogP contribution is -2.51. The first-order valence-electron chi connectivity index (χ1n) is 10.5. The number of rotatable bonds is 3. The second kappa shape index (κ2) is 8.65. The number of hydrogen-bond acceptors (Lipinski definition) is 3. The van der Waals surface area contributed by atoms with E-state index in [1.807, 2.05) is 30.3 Å². The van der Waals surface area contributed by atoms with Gasteiger partial charge in [-0.3, -0.25) is 4.90 Å². The predicted molar refractivity (Wildman–Crippen MR) is 128 cm³/mol. The molecule has 5 rings (SSSR count). The Bertz CT molecular complexity index is 1090. The van der Waals surface area contributed by atoms with Crippen molar-refractivity contribution < 1.29 is 5.11 Å². The van der Waals surface area contributed by atoms with Gasteiger partial charge in [-0.15, -0.1) is 0 Å². The van der Waals surface area contributed by atoms with Gasteiger partial charge in [-0.1, -0.05) is 71.2 Å². The van der Waals surface area contributed by atoms with Crippen LogP contribution in [0.5, 0.6) is 0 Å². The second-order valence-electron chi connectivity index (χ2n) is 8.27. The van der Waals surface area contributed by atoms with E-state index < -0.39 is 6.10 Å². The maximum Gasteiger partial charge on any atom is 0.0777 e. The summed E-state index contributed by atoms with van der Waals surface area (Å²) in [5, 5.41) is 12.9. The van der Waals surface area contributed by atoms with Gasteiger partial charge in [0.05, 0.1) is 28.9 Å². The molecule has 1 aliphatic carbocycles. The maximum absolute atomic E-state index is 10.9. The molecule has 0 spiro atoms. The fourth-order valence-electron chi connectivity index (χ4n) is 5.02. The molecule has 1 heterocycles. The highest BCUT2D eigenvalue weighted by atomic mass is 35.5. The number of fused-ring (bicyclic) bond motifs is 1. The lowest BCUT2D eigenvalue weighted by molar-refractivity contribution is 0.0489. The Morgan fingerprint density at radius 1 is 0.839 bits per heavy atom. The summed E-state index contributed by atoms with van der Waals surface area (Å²) in [4.78, 5) is 4.75. The molecule has 1 saturated heterocycles. The van der Waals surface area contributed by atoms with Crippen molar-refractivity contribution >= 4 is 40.5 Å². The lowest BCUT2D eigenvalue weighted by atomic mass is 9.98. The van der Waals surface area contributed by atoms with E-state index in [1.54, 1.807) is 6.07 Å². The highest BCUT2D eigenvalue weighted by molar-refractivity contribution is 6.36. The highest BCUT2D eigenvalue weighted by Crippen LogP contribution is 2.42. The number of nitrogens with zero attached hydrogens (tertiary/aromatic N) is 2. The lowest BCUT2D eigenvalue weighted by Gasteiger charge is -2.46. The number of halogens is 3. The second-order valence-corrected chi connectivity index (χ2v) is 9.55. The van der Waals surface area contributed by atoms with Gasteiger partial charge in [0.1, 0.15) is 0 Å². The molecule has 1 fully saturated rings. The van der Waals surface area contributed by atoms with Gasteiger partial charge in [0, 0.05) is 36.1 Å². The zero-order valence-corrected chi connectivity index (χ0v) is 19.2. The van der Waals surface area contributed by atoms with Crippen LogP contribution in [0.2, 0.25) is 15.1 Å². The van der Waals surface area contributed by atoms with Crippen molar-refractivity contribution in [1.82, 2.24) is 4.90 Å². The normalized spacial score (nSPS) is 23.7. The average molecular weight is 474 g/mol. The summed E-state index contributed by atoms with van der Waals surface area (Å²) in [5.41, 5.74) is 4.62. The van der Waals surface area contributed by atoms with Gasteiger partial charge in [0.15, 0.2) is 0 Å². The third kappa shape index (κ3) is 4.06. The smallest absolute Gasteiger partial charge is 0.0777 e. The van der Waals surface area contributed by atoms with E-state index in [2.05, 4.69) is 40.1 Å². The summed E-state index contributed by atoms with van der Waals surface area (Å²) < 4.78 is 0. The molecule has 2 aliphatic rings. The fraction of sp³-hybridized carbons (Fsp3) is 0.280. The minimum Gasteiger partial charge on any atom is -0.391 e. The molecular weight excluding hydrogens is 451 g/mol. The Morgan fingerprint density at radius 2 is 1.58 bits per heavy atom. The highest BCUT2D eigenvalue weighted by Gasteiger charge is 2.39.